The number of aromatic nitrogens is 2. The van der Waals surface area contributed by atoms with E-state index in [1.165, 1.54) is 0 Å². The molecule has 0 radical (unpaired) electrons. The number of hydrogen-bond acceptors (Lipinski definition) is 3. The molecule has 0 aliphatic heterocycles. The van der Waals surface area contributed by atoms with Crippen LogP contribution in [0, 0.1) is 0 Å². The van der Waals surface area contributed by atoms with E-state index in [-0.39, 0.29) is 9.41 Å². The van der Waals surface area contributed by atoms with Crippen LogP contribution in [0.25, 0.3) is 0 Å². The molecule has 7 heteroatoms. The number of anilines is 2. The Morgan fingerprint density at radius 1 is 0.818 bits per heavy atom. The Hall–Kier alpha value is -2.54. The Balaban J connectivity index is 0.00000106. The normalized spacial score (nSPS) is 8.59. The summed E-state index contributed by atoms with van der Waals surface area (Å²) in [5, 5.41) is 2.10. The van der Waals surface area contributed by atoms with Crippen LogP contribution in [0.1, 0.15) is 0 Å². The van der Waals surface area contributed by atoms with Crippen LogP contribution in [0.2, 0.25) is 0 Å². The molecule has 0 unspecified atom stereocenters. The molecule has 0 saturated heterocycles. The van der Waals surface area contributed by atoms with Crippen LogP contribution >= 0.6 is 0 Å². The highest BCUT2D eigenvalue weighted by molar-refractivity contribution is 7.44. The first-order valence-electron chi connectivity index (χ1n) is 6.04. The standard InChI is InChI=1S/C15H13N3.2FH.H2OS/c1-3-7-14(8-4-1)18(17-12-11-16-13-17)15-9-5-2-6-10-15;;;1-2/h1-13H;2*1H;2H2. The number of para-hydroxylation sites is 2. The predicted octanol–water partition coefficient (Wildman–Crippen LogP) is 2.92. The summed E-state index contributed by atoms with van der Waals surface area (Å²) in [5.41, 5.74) is 2.20. The monoisotopic (exact) mass is 325 g/mol. The molecule has 4 nitrogen and oxygen atoms in total. The Kier molecular flexibility index (Phi) is 9.04. The molecule has 3 aromatic rings. The summed E-state index contributed by atoms with van der Waals surface area (Å²) in [7, 11) is 0. The number of rotatable bonds is 3. The first-order chi connectivity index (χ1) is 9.95. The van der Waals surface area contributed by atoms with Crippen molar-refractivity contribution < 1.29 is 13.6 Å². The van der Waals surface area contributed by atoms with Crippen LogP contribution in [0.5, 0.6) is 0 Å². The fourth-order valence-electron chi connectivity index (χ4n) is 1.92. The van der Waals surface area contributed by atoms with Gasteiger partial charge in [-0.1, -0.05) is 36.4 Å². The quantitative estimate of drug-likeness (QED) is 0.743. The van der Waals surface area contributed by atoms with Crippen molar-refractivity contribution in [3.63, 3.8) is 0 Å². The lowest BCUT2D eigenvalue weighted by Crippen LogP contribution is -2.22. The zero-order valence-corrected chi connectivity index (χ0v) is 12.6. The van der Waals surface area contributed by atoms with Gasteiger partial charge in [-0.2, -0.15) is 0 Å². The van der Waals surface area contributed by atoms with Crippen molar-refractivity contribution in [1.82, 2.24) is 9.66 Å². The number of nitrogens with zero attached hydrogens (tertiary/aromatic N) is 3. The molecule has 1 heterocycles. The average Bonchev–Trinajstić information content (AvgIpc) is 3.06. The number of imidazole rings is 1. The van der Waals surface area contributed by atoms with Crippen molar-refractivity contribution in [2.45, 2.75) is 0 Å². The number of halogens is 2. The zero-order valence-electron chi connectivity index (χ0n) is 11.6. The van der Waals surface area contributed by atoms with E-state index in [0.29, 0.717) is 0 Å². The van der Waals surface area contributed by atoms with E-state index in [0.717, 1.165) is 11.4 Å². The molecule has 0 bridgehead atoms. The summed E-state index contributed by atoms with van der Waals surface area (Å²) in [5.74, 6) is 0. The van der Waals surface area contributed by atoms with Gasteiger partial charge in [-0.05, 0) is 36.8 Å². The molecule has 0 aliphatic rings. The highest BCUT2D eigenvalue weighted by atomic mass is 32.1. The molecule has 22 heavy (non-hydrogen) atoms. The van der Waals surface area contributed by atoms with E-state index >= 15 is 0 Å². The molecule has 0 atom stereocenters. The predicted molar refractivity (Wildman–Crippen MR) is 88.6 cm³/mol. The Bertz CT molecular complexity index is 584. The van der Waals surface area contributed by atoms with E-state index in [1.54, 1.807) is 25.1 Å². The Morgan fingerprint density at radius 2 is 1.27 bits per heavy atom. The minimum atomic E-state index is 0. The molecule has 0 aliphatic carbocycles. The largest absolute Gasteiger partial charge is 0.269 e. The van der Waals surface area contributed by atoms with Gasteiger partial charge in [0.1, 0.15) is 6.33 Å². The van der Waals surface area contributed by atoms with E-state index in [4.69, 9.17) is 4.21 Å². The van der Waals surface area contributed by atoms with Crippen molar-refractivity contribution in [3.05, 3.63) is 79.4 Å². The van der Waals surface area contributed by atoms with Gasteiger partial charge in [-0.15, -0.1) is 0 Å². The molecule has 0 spiro atoms. The van der Waals surface area contributed by atoms with Gasteiger partial charge in [0, 0.05) is 12.4 Å². The molecule has 2 aromatic carbocycles. The molecular weight excluding hydrogens is 308 g/mol. The van der Waals surface area contributed by atoms with Crippen molar-refractivity contribution in [2.24, 2.45) is 0 Å². The van der Waals surface area contributed by atoms with Crippen molar-refractivity contribution in [3.8, 4) is 0 Å². The number of hydrogen-bond donors (Lipinski definition) is 0. The van der Waals surface area contributed by atoms with E-state index < -0.39 is 0 Å². The fraction of sp³-hybridized carbons (Fsp3) is 0. The topological polar surface area (TPSA) is 38.1 Å². The second-order valence-electron chi connectivity index (χ2n) is 3.93. The summed E-state index contributed by atoms with van der Waals surface area (Å²) in [4.78, 5) is 4.12. The lowest BCUT2D eigenvalue weighted by atomic mass is 10.2. The smallest absolute Gasteiger partial charge is 0.115 e. The van der Waals surface area contributed by atoms with Crippen molar-refractivity contribution >= 4 is 23.9 Å². The summed E-state index contributed by atoms with van der Waals surface area (Å²) in [6, 6.07) is 20.5. The van der Waals surface area contributed by atoms with E-state index in [9.17, 15) is 0 Å². The van der Waals surface area contributed by atoms with Crippen LogP contribution in [-0.2, 0) is 12.5 Å². The lowest BCUT2D eigenvalue weighted by Gasteiger charge is -2.25. The maximum atomic E-state index is 8.06. The summed E-state index contributed by atoms with van der Waals surface area (Å²) >= 11 is 1.72. The van der Waals surface area contributed by atoms with Gasteiger partial charge in [-0.25, -0.2) is 14.7 Å². The SMILES string of the molecule is F.F.O=[SH2].c1ccc(N(c2ccccc2)n2ccnc2)cc1. The third-order valence-electron chi connectivity index (χ3n) is 2.72. The molecule has 0 amide bonds. The first-order valence-corrected chi connectivity index (χ1v) is 6.45. The molecule has 0 N–H and O–H groups in total. The van der Waals surface area contributed by atoms with Crippen LogP contribution in [-0.4, -0.2) is 13.9 Å². The first kappa shape index (κ1) is 19.5. The van der Waals surface area contributed by atoms with Gasteiger partial charge in [-0.3, -0.25) is 13.6 Å². The van der Waals surface area contributed by atoms with Crippen molar-refractivity contribution in [2.75, 3.05) is 5.01 Å². The third kappa shape index (κ3) is 4.49. The second-order valence-corrected chi connectivity index (χ2v) is 3.93. The minimum Gasteiger partial charge on any atom is -0.269 e. The zero-order chi connectivity index (χ0) is 14.2. The van der Waals surface area contributed by atoms with Gasteiger partial charge in [0.25, 0.3) is 0 Å². The highest BCUT2D eigenvalue weighted by Crippen LogP contribution is 2.25. The van der Waals surface area contributed by atoms with Crippen LogP contribution < -0.4 is 5.01 Å². The van der Waals surface area contributed by atoms with Gasteiger partial charge >= 0.3 is 0 Å². The van der Waals surface area contributed by atoms with Gasteiger partial charge in [0.05, 0.1) is 11.4 Å². The maximum absolute atomic E-state index is 8.06. The van der Waals surface area contributed by atoms with E-state index in [1.807, 2.05) is 47.3 Å². The highest BCUT2D eigenvalue weighted by Gasteiger charge is 2.09. The van der Waals surface area contributed by atoms with E-state index in [2.05, 4.69) is 34.3 Å². The van der Waals surface area contributed by atoms with Gasteiger partial charge in [0.15, 0.2) is 0 Å². The second kappa shape index (κ2) is 10.2. The Labute approximate surface area is 132 Å². The molecular formula is C15H17F2N3OS. The molecule has 3 rings (SSSR count). The van der Waals surface area contributed by atoms with Gasteiger partial charge in [0.2, 0.25) is 0 Å². The van der Waals surface area contributed by atoms with Gasteiger partial charge < -0.3 is 0 Å². The van der Waals surface area contributed by atoms with Crippen LogP contribution in [0.4, 0.5) is 20.8 Å². The number of benzene rings is 2. The molecule has 0 saturated carbocycles. The Morgan fingerprint density at radius 3 is 1.64 bits per heavy atom. The molecule has 1 aromatic heterocycles. The lowest BCUT2D eigenvalue weighted by molar-refractivity contribution is 0.702. The molecule has 118 valence electrons. The minimum absolute atomic E-state index is 0. The third-order valence-corrected chi connectivity index (χ3v) is 2.72. The average molecular weight is 325 g/mol. The van der Waals surface area contributed by atoms with Crippen molar-refractivity contribution in [1.29, 1.82) is 0 Å². The maximum Gasteiger partial charge on any atom is 0.115 e. The summed E-state index contributed by atoms with van der Waals surface area (Å²) in [6.45, 7) is 0. The van der Waals surface area contributed by atoms with Crippen LogP contribution in [0.15, 0.2) is 79.4 Å². The summed E-state index contributed by atoms with van der Waals surface area (Å²) in [6.07, 6.45) is 5.50. The van der Waals surface area contributed by atoms with Crippen LogP contribution in [0.3, 0.4) is 0 Å². The molecule has 0 fully saturated rings. The summed E-state index contributed by atoms with van der Waals surface area (Å²) < 4.78 is 10.0. The fourth-order valence-corrected chi connectivity index (χ4v) is 1.92.